The smallest absolute Gasteiger partial charge is 0.237 e. The van der Waals surface area contributed by atoms with Crippen LogP contribution in [0.4, 0.5) is 0 Å². The van der Waals surface area contributed by atoms with E-state index in [2.05, 4.69) is 0 Å². The van der Waals surface area contributed by atoms with Crippen LogP contribution in [0.3, 0.4) is 0 Å². The molecule has 1 aromatic rings. The predicted octanol–water partition coefficient (Wildman–Crippen LogP) is 1.39. The van der Waals surface area contributed by atoms with E-state index in [0.29, 0.717) is 6.54 Å². The van der Waals surface area contributed by atoms with Crippen molar-refractivity contribution in [2.24, 2.45) is 0 Å². The minimum atomic E-state index is -0.591. The van der Waals surface area contributed by atoms with Crippen LogP contribution >= 0.6 is 0 Å². The minimum Gasteiger partial charge on any atom is -0.624 e. The van der Waals surface area contributed by atoms with Gasteiger partial charge in [0.1, 0.15) is 0 Å². The molecule has 0 aliphatic rings. The Bertz CT molecular complexity index is 307. The highest BCUT2D eigenvalue weighted by molar-refractivity contribution is 5.55. The summed E-state index contributed by atoms with van der Waals surface area (Å²) in [5, 5.41) is 11.4. The number of hydrogen-bond donors (Lipinski definition) is 0. The van der Waals surface area contributed by atoms with Crippen molar-refractivity contribution in [2.75, 3.05) is 14.2 Å². The Kier molecular flexibility index (Phi) is 4.80. The van der Waals surface area contributed by atoms with Crippen molar-refractivity contribution in [2.45, 2.75) is 12.8 Å². The SMILES string of the molecule is COC(/C=[N+](\[O-])Cc1ccccc1)OC. The molecule has 4 heteroatoms. The van der Waals surface area contributed by atoms with Crippen molar-refractivity contribution in [3.63, 3.8) is 0 Å². The Hall–Kier alpha value is -1.39. The molecule has 0 aliphatic heterocycles. The van der Waals surface area contributed by atoms with Gasteiger partial charge in [-0.2, -0.15) is 0 Å². The van der Waals surface area contributed by atoms with Gasteiger partial charge in [-0.25, -0.2) is 4.74 Å². The molecule has 1 aromatic carbocycles. The number of rotatable bonds is 5. The normalized spacial score (nSPS) is 12.1. The highest BCUT2D eigenvalue weighted by atomic mass is 16.7. The molecule has 0 bridgehead atoms. The van der Waals surface area contributed by atoms with Crippen molar-refractivity contribution in [3.8, 4) is 0 Å². The van der Waals surface area contributed by atoms with Gasteiger partial charge < -0.3 is 14.7 Å². The highest BCUT2D eigenvalue weighted by Gasteiger charge is 2.06. The number of nitrogens with zero attached hydrogens (tertiary/aromatic N) is 1. The first-order valence-corrected chi connectivity index (χ1v) is 4.64. The van der Waals surface area contributed by atoms with Crippen LogP contribution in [0.1, 0.15) is 5.56 Å². The lowest BCUT2D eigenvalue weighted by atomic mass is 10.2. The number of ether oxygens (including phenoxy) is 2. The standard InChI is InChI=1S/C11H15NO3/c1-14-11(15-2)9-12(13)8-10-6-4-3-5-7-10/h3-7,9,11H,8H2,1-2H3/b12-9-. The molecule has 0 atom stereocenters. The van der Waals surface area contributed by atoms with E-state index in [1.807, 2.05) is 30.3 Å². The third-order valence-electron chi connectivity index (χ3n) is 1.93. The topological polar surface area (TPSA) is 44.5 Å². The zero-order chi connectivity index (χ0) is 11.1. The summed E-state index contributed by atoms with van der Waals surface area (Å²) >= 11 is 0. The average molecular weight is 209 g/mol. The first kappa shape index (κ1) is 11.7. The Balaban J connectivity index is 2.58. The van der Waals surface area contributed by atoms with E-state index >= 15 is 0 Å². The minimum absolute atomic E-state index is 0.296. The number of benzene rings is 1. The Morgan fingerprint density at radius 3 is 2.40 bits per heavy atom. The van der Waals surface area contributed by atoms with E-state index in [-0.39, 0.29) is 0 Å². The summed E-state index contributed by atoms with van der Waals surface area (Å²) in [5.74, 6) is 0. The second-order valence-electron chi connectivity index (χ2n) is 3.05. The van der Waals surface area contributed by atoms with E-state index in [9.17, 15) is 5.21 Å². The fraction of sp³-hybridized carbons (Fsp3) is 0.364. The van der Waals surface area contributed by atoms with Gasteiger partial charge in [0.25, 0.3) is 0 Å². The maximum absolute atomic E-state index is 11.4. The average Bonchev–Trinajstić information content (AvgIpc) is 2.27. The van der Waals surface area contributed by atoms with Crippen LogP contribution in [-0.4, -0.2) is 31.5 Å². The molecule has 82 valence electrons. The van der Waals surface area contributed by atoms with E-state index in [0.717, 1.165) is 10.3 Å². The molecule has 0 N–H and O–H groups in total. The summed E-state index contributed by atoms with van der Waals surface area (Å²) < 4.78 is 10.6. The third kappa shape index (κ3) is 4.10. The van der Waals surface area contributed by atoms with Crippen LogP contribution in [0.5, 0.6) is 0 Å². The third-order valence-corrected chi connectivity index (χ3v) is 1.93. The molecule has 15 heavy (non-hydrogen) atoms. The maximum Gasteiger partial charge on any atom is 0.237 e. The van der Waals surface area contributed by atoms with E-state index in [1.54, 1.807) is 0 Å². The predicted molar refractivity (Wildman–Crippen MR) is 57.6 cm³/mol. The van der Waals surface area contributed by atoms with Crippen molar-refractivity contribution >= 4 is 6.21 Å². The van der Waals surface area contributed by atoms with Gasteiger partial charge >= 0.3 is 0 Å². The number of hydrogen-bond acceptors (Lipinski definition) is 3. The number of methoxy groups -OCH3 is 2. The first-order chi connectivity index (χ1) is 7.26. The molecular formula is C11H15NO3. The summed E-state index contributed by atoms with van der Waals surface area (Å²) in [5.41, 5.74) is 0.953. The zero-order valence-electron chi connectivity index (χ0n) is 8.92. The first-order valence-electron chi connectivity index (χ1n) is 4.64. The van der Waals surface area contributed by atoms with Crippen molar-refractivity contribution in [1.82, 2.24) is 0 Å². The summed E-state index contributed by atoms with van der Waals surface area (Å²) in [6.45, 7) is 0.296. The fourth-order valence-corrected chi connectivity index (χ4v) is 1.17. The van der Waals surface area contributed by atoms with Crippen LogP contribution in [0.15, 0.2) is 30.3 Å². The highest BCUT2D eigenvalue weighted by Crippen LogP contribution is 1.99. The molecular weight excluding hydrogens is 194 g/mol. The summed E-state index contributed by atoms with van der Waals surface area (Å²) in [6.07, 6.45) is 0.763. The second-order valence-corrected chi connectivity index (χ2v) is 3.05. The molecule has 1 rings (SSSR count). The molecule has 0 spiro atoms. The Labute approximate surface area is 89.3 Å². The van der Waals surface area contributed by atoms with Gasteiger partial charge in [-0.3, -0.25) is 0 Å². The second kappa shape index (κ2) is 6.16. The van der Waals surface area contributed by atoms with Gasteiger partial charge in [-0.15, -0.1) is 0 Å². The van der Waals surface area contributed by atoms with Crippen LogP contribution in [0.25, 0.3) is 0 Å². The van der Waals surface area contributed by atoms with E-state index in [1.165, 1.54) is 20.4 Å². The van der Waals surface area contributed by atoms with Gasteiger partial charge in [-0.05, 0) is 0 Å². The van der Waals surface area contributed by atoms with Gasteiger partial charge in [0.05, 0.1) is 0 Å². The molecule has 0 aliphatic carbocycles. The fourth-order valence-electron chi connectivity index (χ4n) is 1.17. The Morgan fingerprint density at radius 2 is 1.87 bits per heavy atom. The van der Waals surface area contributed by atoms with Crippen LogP contribution in [-0.2, 0) is 16.0 Å². The molecule has 0 amide bonds. The van der Waals surface area contributed by atoms with Gasteiger partial charge in [0.2, 0.25) is 12.5 Å². The lowest BCUT2D eigenvalue weighted by Crippen LogP contribution is -2.20. The molecule has 0 unspecified atom stereocenters. The van der Waals surface area contributed by atoms with Gasteiger partial charge in [0.15, 0.2) is 6.54 Å². The quantitative estimate of drug-likeness (QED) is 0.242. The Morgan fingerprint density at radius 1 is 1.27 bits per heavy atom. The molecule has 0 heterocycles. The largest absolute Gasteiger partial charge is 0.624 e. The zero-order valence-corrected chi connectivity index (χ0v) is 8.92. The summed E-state index contributed by atoms with van der Waals surface area (Å²) in [7, 11) is 2.97. The lowest BCUT2D eigenvalue weighted by Gasteiger charge is -2.09. The maximum atomic E-state index is 11.4. The van der Waals surface area contributed by atoms with Crippen molar-refractivity contribution in [3.05, 3.63) is 41.1 Å². The van der Waals surface area contributed by atoms with Gasteiger partial charge in [-0.1, -0.05) is 30.3 Å². The molecule has 0 saturated heterocycles. The van der Waals surface area contributed by atoms with E-state index < -0.39 is 6.29 Å². The van der Waals surface area contributed by atoms with Crippen LogP contribution in [0.2, 0.25) is 0 Å². The van der Waals surface area contributed by atoms with Crippen molar-refractivity contribution < 1.29 is 14.2 Å². The molecule has 0 aromatic heterocycles. The summed E-state index contributed by atoms with van der Waals surface area (Å²) in [6, 6.07) is 9.50. The molecule has 4 nitrogen and oxygen atoms in total. The van der Waals surface area contributed by atoms with Crippen LogP contribution in [0, 0.1) is 5.21 Å². The monoisotopic (exact) mass is 209 g/mol. The molecule has 0 radical (unpaired) electrons. The molecule has 0 fully saturated rings. The number of hydroxylamine groups is 1. The lowest BCUT2D eigenvalue weighted by molar-refractivity contribution is -0.475. The van der Waals surface area contributed by atoms with Crippen molar-refractivity contribution in [1.29, 1.82) is 0 Å². The molecule has 0 saturated carbocycles. The summed E-state index contributed by atoms with van der Waals surface area (Å²) in [4.78, 5) is 0. The van der Waals surface area contributed by atoms with Crippen LogP contribution < -0.4 is 0 Å². The van der Waals surface area contributed by atoms with E-state index in [4.69, 9.17) is 9.47 Å². The van der Waals surface area contributed by atoms with Gasteiger partial charge in [0, 0.05) is 19.8 Å².